The number of nitrogens with zero attached hydrogens (tertiary/aromatic N) is 2. The number of fused-ring (bicyclic) bond motifs is 1. The maximum Gasteiger partial charge on any atom is 0.143 e. The number of phenols is 1. The van der Waals surface area contributed by atoms with E-state index in [1.807, 2.05) is 18.5 Å². The van der Waals surface area contributed by atoms with Crippen LogP contribution in [0.5, 0.6) is 5.75 Å². The molecule has 0 spiro atoms. The molecule has 0 saturated carbocycles. The van der Waals surface area contributed by atoms with Crippen LogP contribution in [0.3, 0.4) is 0 Å². The fourth-order valence-electron chi connectivity index (χ4n) is 2.42. The lowest BCUT2D eigenvalue weighted by molar-refractivity contribution is 0.374. The second-order valence-electron chi connectivity index (χ2n) is 4.28. The van der Waals surface area contributed by atoms with E-state index in [-0.39, 0.29) is 5.75 Å². The Morgan fingerprint density at radius 1 is 1.31 bits per heavy atom. The van der Waals surface area contributed by atoms with Gasteiger partial charge in [-0.25, -0.2) is 4.98 Å². The van der Waals surface area contributed by atoms with Crippen LogP contribution in [0.2, 0.25) is 0 Å². The van der Waals surface area contributed by atoms with Gasteiger partial charge in [-0.1, -0.05) is 6.07 Å². The molecule has 0 unspecified atom stereocenters. The van der Waals surface area contributed by atoms with E-state index < -0.39 is 0 Å². The Hall–Kier alpha value is -1.55. The molecule has 2 heterocycles. The standard InChI is InChI=1S/C12H15N3O/c16-11-3-1-2-10-12(11)14-8-15(10)9-4-6-13-7-5-9/h1-3,8-9,13,16H,4-7H2. The number of hydrogen-bond donors (Lipinski definition) is 2. The average Bonchev–Trinajstić information content (AvgIpc) is 2.75. The average molecular weight is 217 g/mol. The SMILES string of the molecule is Oc1cccc2c1ncn2C1CCNCC1. The molecule has 2 aromatic rings. The molecular formula is C12H15N3O. The van der Waals surface area contributed by atoms with E-state index in [4.69, 9.17) is 0 Å². The number of benzene rings is 1. The molecule has 4 nitrogen and oxygen atoms in total. The highest BCUT2D eigenvalue weighted by Crippen LogP contribution is 2.28. The predicted octanol–water partition coefficient (Wildman–Crippen LogP) is 1.67. The number of aromatic nitrogens is 2. The van der Waals surface area contributed by atoms with Crippen molar-refractivity contribution in [1.82, 2.24) is 14.9 Å². The number of aromatic hydroxyl groups is 1. The summed E-state index contributed by atoms with van der Waals surface area (Å²) >= 11 is 0. The van der Waals surface area contributed by atoms with E-state index in [0.717, 1.165) is 31.4 Å². The Morgan fingerprint density at radius 2 is 2.12 bits per heavy atom. The molecule has 0 amide bonds. The zero-order valence-electron chi connectivity index (χ0n) is 9.06. The lowest BCUT2D eigenvalue weighted by Crippen LogP contribution is -2.29. The van der Waals surface area contributed by atoms with Crippen molar-refractivity contribution in [2.75, 3.05) is 13.1 Å². The molecule has 1 aromatic carbocycles. The van der Waals surface area contributed by atoms with Crippen LogP contribution in [0.25, 0.3) is 11.0 Å². The lowest BCUT2D eigenvalue weighted by Gasteiger charge is -2.24. The summed E-state index contributed by atoms with van der Waals surface area (Å²) in [5.74, 6) is 0.269. The number of phenolic OH excluding ortho intramolecular Hbond substituents is 1. The summed E-state index contributed by atoms with van der Waals surface area (Å²) in [6, 6.07) is 6.08. The summed E-state index contributed by atoms with van der Waals surface area (Å²) in [7, 11) is 0. The van der Waals surface area contributed by atoms with Crippen molar-refractivity contribution in [3.8, 4) is 5.75 Å². The van der Waals surface area contributed by atoms with Crippen LogP contribution in [0.15, 0.2) is 24.5 Å². The molecule has 0 atom stereocenters. The van der Waals surface area contributed by atoms with Gasteiger partial charge in [0, 0.05) is 6.04 Å². The summed E-state index contributed by atoms with van der Waals surface area (Å²) in [5.41, 5.74) is 1.74. The van der Waals surface area contributed by atoms with E-state index in [1.54, 1.807) is 6.07 Å². The Balaban J connectivity index is 2.06. The summed E-state index contributed by atoms with van der Waals surface area (Å²) < 4.78 is 2.19. The molecule has 4 heteroatoms. The molecular weight excluding hydrogens is 202 g/mol. The third-order valence-corrected chi connectivity index (χ3v) is 3.28. The van der Waals surface area contributed by atoms with Crippen LogP contribution in [-0.4, -0.2) is 27.7 Å². The smallest absolute Gasteiger partial charge is 0.143 e. The molecule has 2 N–H and O–H groups in total. The molecule has 1 aliphatic heterocycles. The van der Waals surface area contributed by atoms with E-state index in [2.05, 4.69) is 14.9 Å². The zero-order chi connectivity index (χ0) is 11.0. The third kappa shape index (κ3) is 1.46. The van der Waals surface area contributed by atoms with Gasteiger partial charge in [0.1, 0.15) is 11.3 Å². The number of imidazole rings is 1. The molecule has 1 aliphatic rings. The fraction of sp³-hybridized carbons (Fsp3) is 0.417. The molecule has 0 aliphatic carbocycles. The first kappa shape index (κ1) is 9.66. The number of nitrogens with one attached hydrogen (secondary N) is 1. The van der Waals surface area contributed by atoms with Gasteiger partial charge in [-0.05, 0) is 38.1 Å². The largest absolute Gasteiger partial charge is 0.506 e. The predicted molar refractivity (Wildman–Crippen MR) is 62.5 cm³/mol. The third-order valence-electron chi connectivity index (χ3n) is 3.28. The maximum atomic E-state index is 9.69. The molecule has 84 valence electrons. The molecule has 1 aromatic heterocycles. The lowest BCUT2D eigenvalue weighted by atomic mass is 10.1. The highest BCUT2D eigenvalue weighted by Gasteiger charge is 2.17. The van der Waals surface area contributed by atoms with Crippen molar-refractivity contribution >= 4 is 11.0 Å². The summed E-state index contributed by atoms with van der Waals surface area (Å²) in [4.78, 5) is 4.29. The Bertz CT molecular complexity index is 500. The van der Waals surface area contributed by atoms with E-state index in [1.165, 1.54) is 0 Å². The molecule has 1 saturated heterocycles. The van der Waals surface area contributed by atoms with Gasteiger partial charge in [-0.3, -0.25) is 0 Å². The number of para-hydroxylation sites is 1. The monoisotopic (exact) mass is 217 g/mol. The molecule has 3 rings (SSSR count). The van der Waals surface area contributed by atoms with Crippen LogP contribution >= 0.6 is 0 Å². The Labute approximate surface area is 93.9 Å². The second kappa shape index (κ2) is 3.79. The van der Waals surface area contributed by atoms with Gasteiger partial charge in [0.15, 0.2) is 0 Å². The number of hydrogen-bond acceptors (Lipinski definition) is 3. The Kier molecular flexibility index (Phi) is 2.29. The highest BCUT2D eigenvalue weighted by molar-refractivity contribution is 5.81. The van der Waals surface area contributed by atoms with Crippen molar-refractivity contribution < 1.29 is 5.11 Å². The summed E-state index contributed by atoms with van der Waals surface area (Å²) in [5, 5.41) is 13.0. The van der Waals surface area contributed by atoms with E-state index >= 15 is 0 Å². The first-order chi connectivity index (χ1) is 7.86. The molecule has 1 fully saturated rings. The first-order valence-corrected chi connectivity index (χ1v) is 5.71. The van der Waals surface area contributed by atoms with Crippen molar-refractivity contribution in [3.05, 3.63) is 24.5 Å². The van der Waals surface area contributed by atoms with Crippen molar-refractivity contribution in [1.29, 1.82) is 0 Å². The zero-order valence-corrected chi connectivity index (χ0v) is 9.06. The van der Waals surface area contributed by atoms with Gasteiger partial charge < -0.3 is 15.0 Å². The highest BCUT2D eigenvalue weighted by atomic mass is 16.3. The number of piperidine rings is 1. The van der Waals surface area contributed by atoms with Gasteiger partial charge in [0.05, 0.1) is 11.8 Å². The van der Waals surface area contributed by atoms with E-state index in [9.17, 15) is 5.11 Å². The van der Waals surface area contributed by atoms with Gasteiger partial charge in [-0.15, -0.1) is 0 Å². The van der Waals surface area contributed by atoms with Crippen LogP contribution < -0.4 is 5.32 Å². The minimum Gasteiger partial charge on any atom is -0.506 e. The van der Waals surface area contributed by atoms with Crippen LogP contribution in [0, 0.1) is 0 Å². The number of rotatable bonds is 1. The maximum absolute atomic E-state index is 9.69. The minimum atomic E-state index is 0.269. The van der Waals surface area contributed by atoms with Crippen molar-refractivity contribution in [2.24, 2.45) is 0 Å². The normalized spacial score (nSPS) is 18.0. The van der Waals surface area contributed by atoms with Gasteiger partial charge in [0.2, 0.25) is 0 Å². The van der Waals surface area contributed by atoms with Gasteiger partial charge in [-0.2, -0.15) is 0 Å². The molecule has 0 bridgehead atoms. The van der Waals surface area contributed by atoms with Gasteiger partial charge >= 0.3 is 0 Å². The van der Waals surface area contributed by atoms with Gasteiger partial charge in [0.25, 0.3) is 0 Å². The van der Waals surface area contributed by atoms with Crippen molar-refractivity contribution in [3.63, 3.8) is 0 Å². The minimum absolute atomic E-state index is 0.269. The topological polar surface area (TPSA) is 50.1 Å². The second-order valence-corrected chi connectivity index (χ2v) is 4.28. The Morgan fingerprint density at radius 3 is 2.94 bits per heavy atom. The van der Waals surface area contributed by atoms with E-state index in [0.29, 0.717) is 11.6 Å². The van der Waals surface area contributed by atoms with Crippen LogP contribution in [0.1, 0.15) is 18.9 Å². The molecule has 16 heavy (non-hydrogen) atoms. The first-order valence-electron chi connectivity index (χ1n) is 5.71. The fourth-order valence-corrected chi connectivity index (χ4v) is 2.42. The molecule has 0 radical (unpaired) electrons. The summed E-state index contributed by atoms with van der Waals surface area (Å²) in [6.07, 6.45) is 4.10. The summed E-state index contributed by atoms with van der Waals surface area (Å²) in [6.45, 7) is 2.12. The van der Waals surface area contributed by atoms with Crippen LogP contribution in [-0.2, 0) is 0 Å². The van der Waals surface area contributed by atoms with Crippen molar-refractivity contribution in [2.45, 2.75) is 18.9 Å². The van der Waals surface area contributed by atoms with Crippen LogP contribution in [0.4, 0.5) is 0 Å². The quantitative estimate of drug-likeness (QED) is 0.764.